The summed E-state index contributed by atoms with van der Waals surface area (Å²) in [6.45, 7) is 1.60. The minimum atomic E-state index is -0.690. The van der Waals surface area contributed by atoms with Crippen molar-refractivity contribution in [2.75, 3.05) is 19.5 Å². The highest BCUT2D eigenvalue weighted by molar-refractivity contribution is 5.89. The van der Waals surface area contributed by atoms with Crippen molar-refractivity contribution in [3.8, 4) is 22.9 Å². The smallest absolute Gasteiger partial charge is 0.356 e. The maximum atomic E-state index is 13.0. The second-order valence-electron chi connectivity index (χ2n) is 6.42. The average Bonchev–Trinajstić information content (AvgIpc) is 2.79. The fourth-order valence-electron chi connectivity index (χ4n) is 2.63. The molecule has 0 aliphatic heterocycles. The zero-order chi connectivity index (χ0) is 22.4. The van der Waals surface area contributed by atoms with Gasteiger partial charge >= 0.3 is 11.9 Å². The predicted molar refractivity (Wildman–Crippen MR) is 110 cm³/mol. The molecule has 1 N–H and O–H groups in total. The van der Waals surface area contributed by atoms with Gasteiger partial charge in [-0.1, -0.05) is 0 Å². The van der Waals surface area contributed by atoms with Gasteiger partial charge in [0.2, 0.25) is 0 Å². The van der Waals surface area contributed by atoms with E-state index in [2.05, 4.69) is 15.3 Å². The summed E-state index contributed by atoms with van der Waals surface area (Å²) in [5, 5.41) is 2.88. The van der Waals surface area contributed by atoms with Crippen LogP contribution in [0.1, 0.15) is 17.4 Å². The van der Waals surface area contributed by atoms with Crippen molar-refractivity contribution < 1.29 is 28.2 Å². The molecule has 1 atom stereocenters. The van der Waals surface area contributed by atoms with Crippen LogP contribution in [0.15, 0.2) is 54.6 Å². The van der Waals surface area contributed by atoms with E-state index >= 15 is 0 Å². The normalized spacial score (nSPS) is 11.4. The summed E-state index contributed by atoms with van der Waals surface area (Å²) < 4.78 is 28.1. The molecule has 0 spiro atoms. The lowest BCUT2D eigenvalue weighted by Crippen LogP contribution is -2.28. The van der Waals surface area contributed by atoms with E-state index < -0.39 is 18.0 Å². The lowest BCUT2D eigenvalue weighted by Gasteiger charge is -2.14. The lowest BCUT2D eigenvalue weighted by atomic mass is 10.2. The number of esters is 2. The van der Waals surface area contributed by atoms with Crippen molar-refractivity contribution in [3.63, 3.8) is 0 Å². The van der Waals surface area contributed by atoms with Crippen molar-refractivity contribution in [1.82, 2.24) is 9.97 Å². The van der Waals surface area contributed by atoms with Crippen LogP contribution in [0.25, 0.3) is 11.4 Å². The summed E-state index contributed by atoms with van der Waals surface area (Å²) in [7, 11) is 2.53. The molecule has 0 saturated carbocycles. The van der Waals surface area contributed by atoms with Gasteiger partial charge in [0.15, 0.2) is 11.5 Å². The molecule has 0 bridgehead atoms. The van der Waals surface area contributed by atoms with Crippen LogP contribution in [-0.4, -0.2) is 42.2 Å². The first kappa shape index (κ1) is 21.7. The number of halogens is 1. The SMILES string of the molecule is COC(=O)c1cc(N[C@@H](C)C(=O)OC)nc(-c2ccc(Oc3ccc(F)cc3)cc2)n1. The van der Waals surface area contributed by atoms with Crippen molar-refractivity contribution >= 4 is 17.8 Å². The van der Waals surface area contributed by atoms with E-state index in [9.17, 15) is 14.0 Å². The third-order valence-electron chi connectivity index (χ3n) is 4.20. The van der Waals surface area contributed by atoms with Gasteiger partial charge in [-0.3, -0.25) is 0 Å². The number of rotatable bonds is 7. The molecule has 0 amide bonds. The number of ether oxygens (including phenoxy) is 3. The third kappa shape index (κ3) is 5.53. The number of methoxy groups -OCH3 is 2. The molecule has 0 aliphatic carbocycles. The Morgan fingerprint density at radius 3 is 2.13 bits per heavy atom. The molecule has 0 aliphatic rings. The number of carbonyl (C=O) groups excluding carboxylic acids is 2. The van der Waals surface area contributed by atoms with E-state index in [1.165, 1.54) is 44.6 Å². The predicted octanol–water partition coefficient (Wildman–Crippen LogP) is 3.84. The van der Waals surface area contributed by atoms with E-state index in [4.69, 9.17) is 14.2 Å². The van der Waals surface area contributed by atoms with Gasteiger partial charge in [0.1, 0.15) is 29.2 Å². The Hall–Kier alpha value is -4.01. The Morgan fingerprint density at radius 1 is 0.935 bits per heavy atom. The number of anilines is 1. The molecular weight excluding hydrogens is 405 g/mol. The molecule has 160 valence electrons. The van der Waals surface area contributed by atoms with E-state index in [1.54, 1.807) is 31.2 Å². The molecule has 3 aromatic rings. The van der Waals surface area contributed by atoms with E-state index in [0.717, 1.165) is 0 Å². The topological polar surface area (TPSA) is 99.6 Å². The second kappa shape index (κ2) is 9.66. The van der Waals surface area contributed by atoms with Crippen LogP contribution < -0.4 is 10.1 Å². The lowest BCUT2D eigenvalue weighted by molar-refractivity contribution is -0.141. The minimum Gasteiger partial charge on any atom is -0.467 e. The Kier molecular flexibility index (Phi) is 6.76. The second-order valence-corrected chi connectivity index (χ2v) is 6.42. The summed E-state index contributed by atoms with van der Waals surface area (Å²) in [6.07, 6.45) is 0. The van der Waals surface area contributed by atoms with Crippen LogP contribution in [0.2, 0.25) is 0 Å². The molecule has 1 aromatic heterocycles. The number of hydrogen-bond acceptors (Lipinski definition) is 8. The molecule has 0 fully saturated rings. The van der Waals surface area contributed by atoms with Gasteiger partial charge in [0, 0.05) is 11.6 Å². The molecule has 0 saturated heterocycles. The maximum absolute atomic E-state index is 13.0. The highest BCUT2D eigenvalue weighted by atomic mass is 19.1. The molecule has 3 rings (SSSR count). The van der Waals surface area contributed by atoms with Gasteiger partial charge in [-0.2, -0.15) is 0 Å². The van der Waals surface area contributed by atoms with Crippen LogP contribution in [0.3, 0.4) is 0 Å². The van der Waals surface area contributed by atoms with E-state index in [-0.39, 0.29) is 23.2 Å². The highest BCUT2D eigenvalue weighted by Gasteiger charge is 2.18. The number of hydrogen-bond donors (Lipinski definition) is 1. The fraction of sp³-hybridized carbons (Fsp3) is 0.182. The summed E-state index contributed by atoms with van der Waals surface area (Å²) >= 11 is 0. The summed E-state index contributed by atoms with van der Waals surface area (Å²) in [6, 6.07) is 13.2. The Balaban J connectivity index is 1.87. The van der Waals surface area contributed by atoms with Crippen LogP contribution in [0, 0.1) is 5.82 Å². The van der Waals surface area contributed by atoms with Crippen molar-refractivity contribution in [2.45, 2.75) is 13.0 Å². The maximum Gasteiger partial charge on any atom is 0.356 e. The number of benzene rings is 2. The summed E-state index contributed by atoms with van der Waals surface area (Å²) in [5.41, 5.74) is 0.629. The molecule has 9 heteroatoms. The number of nitrogens with zero attached hydrogens (tertiary/aromatic N) is 2. The van der Waals surface area contributed by atoms with E-state index in [1.807, 2.05) is 0 Å². The molecular formula is C22H20FN3O5. The first-order chi connectivity index (χ1) is 14.9. The standard InChI is InChI=1S/C22H20FN3O5/c1-13(21(27)29-2)24-19-12-18(22(28)30-3)25-20(26-19)14-4-8-16(9-5-14)31-17-10-6-15(23)7-11-17/h4-13H,1-3H3,(H,24,25,26)/t13-/m0/s1. The molecule has 1 heterocycles. The van der Waals surface area contributed by atoms with Crippen molar-refractivity contribution in [3.05, 3.63) is 66.1 Å². The quantitative estimate of drug-likeness (QED) is 0.570. The zero-order valence-electron chi connectivity index (χ0n) is 17.1. The first-order valence-electron chi connectivity index (χ1n) is 9.25. The highest BCUT2D eigenvalue weighted by Crippen LogP contribution is 2.25. The minimum absolute atomic E-state index is 0.0266. The largest absolute Gasteiger partial charge is 0.467 e. The van der Waals surface area contributed by atoms with Gasteiger partial charge in [-0.25, -0.2) is 23.9 Å². The average molecular weight is 425 g/mol. The van der Waals surface area contributed by atoms with Crippen LogP contribution >= 0.6 is 0 Å². The van der Waals surface area contributed by atoms with Gasteiger partial charge in [0.25, 0.3) is 0 Å². The van der Waals surface area contributed by atoms with Crippen LogP contribution in [0.4, 0.5) is 10.2 Å². The monoisotopic (exact) mass is 425 g/mol. The number of nitrogens with one attached hydrogen (secondary N) is 1. The van der Waals surface area contributed by atoms with E-state index in [0.29, 0.717) is 17.1 Å². The fourth-order valence-corrected chi connectivity index (χ4v) is 2.63. The van der Waals surface area contributed by atoms with Gasteiger partial charge < -0.3 is 19.5 Å². The Morgan fingerprint density at radius 2 is 1.55 bits per heavy atom. The van der Waals surface area contributed by atoms with Gasteiger partial charge in [-0.15, -0.1) is 0 Å². The Labute approximate surface area is 178 Å². The molecule has 0 unspecified atom stereocenters. The first-order valence-corrected chi connectivity index (χ1v) is 9.25. The van der Waals surface area contributed by atoms with Gasteiger partial charge in [-0.05, 0) is 55.5 Å². The number of carbonyl (C=O) groups is 2. The summed E-state index contributed by atoms with van der Waals surface area (Å²) in [5.74, 6) is 0.0382. The molecule has 31 heavy (non-hydrogen) atoms. The van der Waals surface area contributed by atoms with Crippen LogP contribution in [0.5, 0.6) is 11.5 Å². The van der Waals surface area contributed by atoms with Crippen LogP contribution in [-0.2, 0) is 14.3 Å². The number of aromatic nitrogens is 2. The van der Waals surface area contributed by atoms with Crippen molar-refractivity contribution in [2.24, 2.45) is 0 Å². The van der Waals surface area contributed by atoms with Crippen molar-refractivity contribution in [1.29, 1.82) is 0 Å². The zero-order valence-corrected chi connectivity index (χ0v) is 17.1. The third-order valence-corrected chi connectivity index (χ3v) is 4.20. The molecule has 0 radical (unpaired) electrons. The van der Waals surface area contributed by atoms with Gasteiger partial charge in [0.05, 0.1) is 14.2 Å². The molecule has 8 nitrogen and oxygen atoms in total. The summed E-state index contributed by atoms with van der Waals surface area (Å²) in [4.78, 5) is 32.4. The Bertz CT molecular complexity index is 1070. The molecule has 2 aromatic carbocycles.